The first-order valence-corrected chi connectivity index (χ1v) is 12.1. The average Bonchev–Trinajstić information content (AvgIpc) is 3.31. The van der Waals surface area contributed by atoms with E-state index in [1.807, 2.05) is 91.3 Å². The molecule has 0 aliphatic heterocycles. The molecule has 4 aromatic rings. The summed E-state index contributed by atoms with van der Waals surface area (Å²) in [6, 6.07) is 31.5. The van der Waals surface area contributed by atoms with Crippen LogP contribution in [0.2, 0.25) is 0 Å². The number of rotatable bonds is 3. The van der Waals surface area contributed by atoms with Gasteiger partial charge in [0.05, 0.1) is 17.1 Å². The van der Waals surface area contributed by atoms with E-state index in [4.69, 9.17) is 0 Å². The monoisotopic (exact) mass is 430 g/mol. The minimum Gasteiger partial charge on any atom is -0.233 e. The lowest BCUT2D eigenvalue weighted by atomic mass is 10.0. The standard InChI is InChI=1S/C22H18N2.4C2H6/c1-17-16-22(24(23-17)21-10-6-3-7-11-21)20-14-12-19(13-15-20)18-8-4-2-5-9-18;4*1-2/h2-16H,1H3;4*1-2H3. The van der Waals surface area contributed by atoms with Crippen LogP contribution >= 0.6 is 0 Å². The predicted molar refractivity (Wildman–Crippen MR) is 145 cm³/mol. The Hall–Kier alpha value is -3.13. The lowest BCUT2D eigenvalue weighted by molar-refractivity contribution is 0.869. The summed E-state index contributed by atoms with van der Waals surface area (Å²) in [4.78, 5) is 0. The highest BCUT2D eigenvalue weighted by atomic mass is 15.3. The molecule has 0 aliphatic carbocycles. The van der Waals surface area contributed by atoms with Crippen LogP contribution in [0.5, 0.6) is 0 Å². The second-order valence-corrected chi connectivity index (χ2v) is 5.86. The van der Waals surface area contributed by atoms with Crippen LogP contribution in [0.15, 0.2) is 91.0 Å². The zero-order chi connectivity index (χ0) is 24.4. The van der Waals surface area contributed by atoms with Crippen LogP contribution in [-0.2, 0) is 0 Å². The minimum absolute atomic E-state index is 1.01. The molecule has 0 amide bonds. The first-order valence-electron chi connectivity index (χ1n) is 12.1. The van der Waals surface area contributed by atoms with Crippen molar-refractivity contribution in [3.8, 4) is 28.1 Å². The zero-order valence-electron chi connectivity index (χ0n) is 21.6. The number of nitrogens with zero attached hydrogens (tertiary/aromatic N) is 2. The van der Waals surface area contributed by atoms with Crippen molar-refractivity contribution < 1.29 is 0 Å². The van der Waals surface area contributed by atoms with Gasteiger partial charge in [-0.2, -0.15) is 5.10 Å². The average molecular weight is 431 g/mol. The molecule has 0 unspecified atom stereocenters. The maximum Gasteiger partial charge on any atom is 0.0743 e. The van der Waals surface area contributed by atoms with E-state index >= 15 is 0 Å². The third kappa shape index (κ3) is 8.19. The molecular weight excluding hydrogens is 388 g/mol. The maximum atomic E-state index is 4.65. The quantitative estimate of drug-likeness (QED) is 0.316. The van der Waals surface area contributed by atoms with E-state index in [1.54, 1.807) is 0 Å². The van der Waals surface area contributed by atoms with Crippen molar-refractivity contribution in [2.75, 3.05) is 0 Å². The fraction of sp³-hybridized carbons (Fsp3) is 0.300. The molecule has 0 aliphatic rings. The normalized spacial score (nSPS) is 8.78. The van der Waals surface area contributed by atoms with E-state index in [9.17, 15) is 0 Å². The summed E-state index contributed by atoms with van der Waals surface area (Å²) in [6.45, 7) is 18.0. The van der Waals surface area contributed by atoms with Crippen molar-refractivity contribution in [2.24, 2.45) is 0 Å². The van der Waals surface area contributed by atoms with Crippen molar-refractivity contribution in [1.82, 2.24) is 9.78 Å². The molecule has 32 heavy (non-hydrogen) atoms. The van der Waals surface area contributed by atoms with Crippen LogP contribution in [0.4, 0.5) is 0 Å². The van der Waals surface area contributed by atoms with Crippen LogP contribution in [-0.4, -0.2) is 9.78 Å². The lowest BCUT2D eigenvalue weighted by Gasteiger charge is -2.08. The van der Waals surface area contributed by atoms with Crippen LogP contribution in [0.25, 0.3) is 28.1 Å². The van der Waals surface area contributed by atoms with Gasteiger partial charge < -0.3 is 0 Å². The summed E-state index contributed by atoms with van der Waals surface area (Å²) >= 11 is 0. The molecule has 3 aromatic carbocycles. The number of hydrogen-bond acceptors (Lipinski definition) is 1. The molecular formula is C30H42N2. The Kier molecular flexibility index (Phi) is 15.8. The predicted octanol–water partition coefficient (Wildman–Crippen LogP) is 9.62. The number of aryl methyl sites for hydroxylation is 1. The van der Waals surface area contributed by atoms with Gasteiger partial charge in [-0.05, 0) is 36.2 Å². The van der Waals surface area contributed by atoms with Crippen molar-refractivity contribution in [3.63, 3.8) is 0 Å². The topological polar surface area (TPSA) is 17.8 Å². The third-order valence-electron chi connectivity index (χ3n) is 4.12. The first kappa shape index (κ1) is 28.9. The molecule has 0 saturated heterocycles. The molecule has 2 heteroatoms. The summed E-state index contributed by atoms with van der Waals surface area (Å²) < 4.78 is 2.01. The Morgan fingerprint density at radius 1 is 0.500 bits per heavy atom. The fourth-order valence-corrected chi connectivity index (χ4v) is 2.94. The van der Waals surface area contributed by atoms with Crippen LogP contribution < -0.4 is 0 Å². The molecule has 0 fully saturated rings. The molecule has 0 bridgehead atoms. The van der Waals surface area contributed by atoms with Crippen LogP contribution in [0, 0.1) is 6.92 Å². The van der Waals surface area contributed by atoms with E-state index < -0.39 is 0 Å². The van der Waals surface area contributed by atoms with Gasteiger partial charge in [0, 0.05) is 5.56 Å². The number of benzene rings is 3. The molecule has 0 atom stereocenters. The Bertz CT molecular complexity index is 937. The maximum absolute atomic E-state index is 4.65. The smallest absolute Gasteiger partial charge is 0.0743 e. The lowest BCUT2D eigenvalue weighted by Crippen LogP contribution is -1.98. The van der Waals surface area contributed by atoms with Crippen molar-refractivity contribution >= 4 is 0 Å². The summed E-state index contributed by atoms with van der Waals surface area (Å²) in [5, 5.41) is 4.65. The summed E-state index contributed by atoms with van der Waals surface area (Å²) in [5.74, 6) is 0. The van der Waals surface area contributed by atoms with E-state index in [0.29, 0.717) is 0 Å². The largest absolute Gasteiger partial charge is 0.233 e. The Balaban J connectivity index is 0.00000109. The molecule has 1 aromatic heterocycles. The highest BCUT2D eigenvalue weighted by molar-refractivity contribution is 5.70. The number of para-hydroxylation sites is 1. The molecule has 172 valence electrons. The van der Waals surface area contributed by atoms with E-state index in [1.165, 1.54) is 16.7 Å². The summed E-state index contributed by atoms with van der Waals surface area (Å²) in [5.41, 5.74) is 6.82. The highest BCUT2D eigenvalue weighted by Gasteiger charge is 2.10. The molecule has 0 saturated carbocycles. The van der Waals surface area contributed by atoms with Crippen molar-refractivity contribution in [2.45, 2.75) is 62.3 Å². The van der Waals surface area contributed by atoms with Gasteiger partial charge in [-0.25, -0.2) is 4.68 Å². The molecule has 0 spiro atoms. The van der Waals surface area contributed by atoms with Crippen molar-refractivity contribution in [3.05, 3.63) is 96.7 Å². The first-order chi connectivity index (χ1) is 15.8. The van der Waals surface area contributed by atoms with Gasteiger partial charge in [-0.1, -0.05) is 128 Å². The molecule has 2 nitrogen and oxygen atoms in total. The zero-order valence-corrected chi connectivity index (χ0v) is 21.6. The molecule has 0 radical (unpaired) electrons. The van der Waals surface area contributed by atoms with E-state index in [-0.39, 0.29) is 0 Å². The highest BCUT2D eigenvalue weighted by Crippen LogP contribution is 2.27. The summed E-state index contributed by atoms with van der Waals surface area (Å²) in [7, 11) is 0. The molecule has 1 heterocycles. The second kappa shape index (κ2) is 17.5. The Morgan fingerprint density at radius 3 is 1.41 bits per heavy atom. The Morgan fingerprint density at radius 2 is 0.906 bits per heavy atom. The van der Waals surface area contributed by atoms with Gasteiger partial charge in [0.25, 0.3) is 0 Å². The fourth-order valence-electron chi connectivity index (χ4n) is 2.94. The van der Waals surface area contributed by atoms with Gasteiger partial charge in [-0.3, -0.25) is 0 Å². The van der Waals surface area contributed by atoms with Crippen LogP contribution in [0.1, 0.15) is 61.1 Å². The SMILES string of the molecule is CC.CC.CC.CC.Cc1cc(-c2ccc(-c3ccccc3)cc2)n(-c2ccccc2)n1. The molecule has 0 N–H and O–H groups in total. The number of hydrogen-bond donors (Lipinski definition) is 0. The van der Waals surface area contributed by atoms with E-state index in [0.717, 1.165) is 17.1 Å². The number of aromatic nitrogens is 2. The second-order valence-electron chi connectivity index (χ2n) is 5.86. The van der Waals surface area contributed by atoms with Gasteiger partial charge in [0.1, 0.15) is 0 Å². The van der Waals surface area contributed by atoms with Gasteiger partial charge >= 0.3 is 0 Å². The molecule has 4 rings (SSSR count). The van der Waals surface area contributed by atoms with Crippen LogP contribution in [0.3, 0.4) is 0 Å². The van der Waals surface area contributed by atoms with E-state index in [2.05, 4.69) is 71.8 Å². The summed E-state index contributed by atoms with van der Waals surface area (Å²) in [6.07, 6.45) is 0. The Labute approximate surface area is 197 Å². The third-order valence-corrected chi connectivity index (χ3v) is 4.12. The van der Waals surface area contributed by atoms with Gasteiger partial charge in [0.15, 0.2) is 0 Å². The minimum atomic E-state index is 1.01. The van der Waals surface area contributed by atoms with Gasteiger partial charge in [0.2, 0.25) is 0 Å². The van der Waals surface area contributed by atoms with Crippen molar-refractivity contribution in [1.29, 1.82) is 0 Å². The van der Waals surface area contributed by atoms with Gasteiger partial charge in [-0.15, -0.1) is 0 Å².